The molecule has 1 aromatic rings. The number of rotatable bonds is 8. The molecule has 0 aliphatic heterocycles. The maximum Gasteiger partial charge on any atom is 0.107 e. The van der Waals surface area contributed by atoms with Crippen LogP contribution in [0.25, 0.3) is 0 Å². The van der Waals surface area contributed by atoms with Crippen molar-refractivity contribution in [2.45, 2.75) is 58.5 Å². The van der Waals surface area contributed by atoms with Crippen LogP contribution in [0.5, 0.6) is 0 Å². The number of hydrogen-bond donors (Lipinski definition) is 0. The molecule has 0 saturated carbocycles. The number of halogens is 1. The van der Waals surface area contributed by atoms with E-state index in [2.05, 4.69) is 36.0 Å². The zero-order valence-electron chi connectivity index (χ0n) is 11.1. The number of aromatic nitrogens is 1. The Kier molecular flexibility index (Phi) is 7.09. The fraction of sp³-hybridized carbons (Fsp3) is 0.769. The van der Waals surface area contributed by atoms with Gasteiger partial charge in [0.05, 0.1) is 18.1 Å². The van der Waals surface area contributed by atoms with Gasteiger partial charge in [-0.1, -0.05) is 19.8 Å². The summed E-state index contributed by atoms with van der Waals surface area (Å²) in [5, 5.41) is 3.25. The van der Waals surface area contributed by atoms with Gasteiger partial charge in [-0.15, -0.1) is 22.9 Å². The first kappa shape index (κ1) is 14.9. The second-order valence-corrected chi connectivity index (χ2v) is 5.85. The second-order valence-electron chi connectivity index (χ2n) is 4.64. The third kappa shape index (κ3) is 5.36. The predicted molar refractivity (Wildman–Crippen MR) is 76.7 cm³/mol. The van der Waals surface area contributed by atoms with Crippen LogP contribution in [-0.2, 0) is 12.4 Å². The summed E-state index contributed by atoms with van der Waals surface area (Å²) in [6.45, 7) is 8.88. The fourth-order valence-electron chi connectivity index (χ4n) is 1.74. The van der Waals surface area contributed by atoms with Crippen LogP contribution in [0, 0.1) is 0 Å². The quantitative estimate of drug-likeness (QED) is 0.519. The minimum Gasteiger partial charge on any atom is -0.294 e. The van der Waals surface area contributed by atoms with Crippen molar-refractivity contribution in [2.24, 2.45) is 0 Å². The molecule has 1 rings (SSSR count). The number of hydrogen-bond acceptors (Lipinski definition) is 3. The number of unbranched alkanes of at least 4 members (excludes halogenated alkanes) is 2. The van der Waals surface area contributed by atoms with Crippen molar-refractivity contribution in [3.63, 3.8) is 0 Å². The van der Waals surface area contributed by atoms with Gasteiger partial charge in [0.1, 0.15) is 5.01 Å². The molecular weight excluding hydrogens is 252 g/mol. The van der Waals surface area contributed by atoms with E-state index in [9.17, 15) is 0 Å². The van der Waals surface area contributed by atoms with Gasteiger partial charge >= 0.3 is 0 Å². The van der Waals surface area contributed by atoms with Crippen molar-refractivity contribution < 1.29 is 0 Å². The van der Waals surface area contributed by atoms with Gasteiger partial charge in [-0.2, -0.15) is 0 Å². The molecule has 0 radical (unpaired) electrons. The van der Waals surface area contributed by atoms with E-state index in [1.54, 1.807) is 11.3 Å². The Bertz CT molecular complexity index is 312. The van der Waals surface area contributed by atoms with Gasteiger partial charge in [0, 0.05) is 11.4 Å². The summed E-state index contributed by atoms with van der Waals surface area (Å²) in [5.41, 5.74) is 1.00. The summed E-state index contributed by atoms with van der Waals surface area (Å²) >= 11 is 7.49. The summed E-state index contributed by atoms with van der Waals surface area (Å²) in [7, 11) is 0. The lowest BCUT2D eigenvalue weighted by atomic mass is 10.2. The predicted octanol–water partition coefficient (Wildman–Crippen LogP) is 4.28. The summed E-state index contributed by atoms with van der Waals surface area (Å²) < 4.78 is 0. The molecule has 0 fully saturated rings. The Morgan fingerprint density at radius 2 is 2.18 bits per heavy atom. The van der Waals surface area contributed by atoms with Crippen molar-refractivity contribution in [1.82, 2.24) is 9.88 Å². The summed E-state index contributed by atoms with van der Waals surface area (Å²) in [6, 6.07) is 0.579. The molecule has 4 heteroatoms. The van der Waals surface area contributed by atoms with Crippen LogP contribution in [0.3, 0.4) is 0 Å². The number of alkyl halides is 1. The molecule has 0 spiro atoms. The molecule has 0 bridgehead atoms. The van der Waals surface area contributed by atoms with E-state index in [-0.39, 0.29) is 0 Å². The summed E-state index contributed by atoms with van der Waals surface area (Å²) in [4.78, 5) is 7.02. The first-order valence-electron chi connectivity index (χ1n) is 6.40. The molecule has 0 N–H and O–H groups in total. The molecule has 1 aromatic heterocycles. The molecule has 0 saturated heterocycles. The number of nitrogens with zero attached hydrogens (tertiary/aromatic N) is 2. The molecular formula is C13H23ClN2S. The first-order valence-corrected chi connectivity index (χ1v) is 7.82. The SMILES string of the molecule is CCCCCN(Cc1nc(CCl)cs1)C(C)C. The zero-order valence-corrected chi connectivity index (χ0v) is 12.7. The van der Waals surface area contributed by atoms with E-state index in [1.807, 2.05) is 0 Å². The molecule has 0 aliphatic carbocycles. The highest BCUT2D eigenvalue weighted by Gasteiger charge is 2.11. The molecule has 1 heterocycles. The van der Waals surface area contributed by atoms with E-state index >= 15 is 0 Å². The Hall–Kier alpha value is -0.120. The first-order chi connectivity index (χ1) is 8.17. The van der Waals surface area contributed by atoms with Crippen LogP contribution in [0.2, 0.25) is 0 Å². The van der Waals surface area contributed by atoms with Crippen molar-refractivity contribution in [2.75, 3.05) is 6.54 Å². The molecule has 0 amide bonds. The highest BCUT2D eigenvalue weighted by atomic mass is 35.5. The topological polar surface area (TPSA) is 16.1 Å². The maximum atomic E-state index is 5.77. The van der Waals surface area contributed by atoms with Gasteiger partial charge in [-0.05, 0) is 26.8 Å². The normalized spacial score (nSPS) is 11.6. The Morgan fingerprint density at radius 3 is 2.71 bits per heavy atom. The lowest BCUT2D eigenvalue weighted by Crippen LogP contribution is -2.31. The Labute approximate surface area is 114 Å². The van der Waals surface area contributed by atoms with Crippen molar-refractivity contribution >= 4 is 22.9 Å². The Morgan fingerprint density at radius 1 is 1.41 bits per heavy atom. The minimum absolute atomic E-state index is 0.522. The molecule has 17 heavy (non-hydrogen) atoms. The standard InChI is InChI=1S/C13H23ClN2S/c1-4-5-6-7-16(11(2)3)9-13-15-12(8-14)10-17-13/h10-11H,4-9H2,1-3H3. The zero-order chi connectivity index (χ0) is 12.7. The van der Waals surface area contributed by atoms with Gasteiger partial charge < -0.3 is 0 Å². The highest BCUT2D eigenvalue weighted by molar-refractivity contribution is 7.09. The molecule has 0 aliphatic rings. The van der Waals surface area contributed by atoms with E-state index < -0.39 is 0 Å². The van der Waals surface area contributed by atoms with Crippen LogP contribution in [0.15, 0.2) is 5.38 Å². The fourth-order valence-corrected chi connectivity index (χ4v) is 2.79. The molecule has 98 valence electrons. The number of thiazole rings is 1. The highest BCUT2D eigenvalue weighted by Crippen LogP contribution is 2.16. The van der Waals surface area contributed by atoms with Gasteiger partial charge in [0.15, 0.2) is 0 Å². The van der Waals surface area contributed by atoms with E-state index in [1.165, 1.54) is 30.8 Å². The smallest absolute Gasteiger partial charge is 0.107 e. The molecule has 0 atom stereocenters. The molecule has 2 nitrogen and oxygen atoms in total. The van der Waals surface area contributed by atoms with Crippen molar-refractivity contribution in [3.05, 3.63) is 16.1 Å². The molecule has 0 unspecified atom stereocenters. The Balaban J connectivity index is 2.47. The summed E-state index contributed by atoms with van der Waals surface area (Å²) in [5.74, 6) is 0.522. The van der Waals surface area contributed by atoms with Crippen molar-refractivity contribution in [1.29, 1.82) is 0 Å². The lowest BCUT2D eigenvalue weighted by Gasteiger charge is -2.25. The van der Waals surface area contributed by atoms with Crippen LogP contribution in [0.1, 0.15) is 50.7 Å². The van der Waals surface area contributed by atoms with E-state index in [4.69, 9.17) is 11.6 Å². The largest absolute Gasteiger partial charge is 0.294 e. The third-order valence-electron chi connectivity index (χ3n) is 2.85. The van der Waals surface area contributed by atoms with Crippen LogP contribution in [-0.4, -0.2) is 22.5 Å². The van der Waals surface area contributed by atoms with Gasteiger partial charge in [-0.3, -0.25) is 4.90 Å². The van der Waals surface area contributed by atoms with Crippen LogP contribution < -0.4 is 0 Å². The van der Waals surface area contributed by atoms with Gasteiger partial charge in [-0.25, -0.2) is 4.98 Å². The monoisotopic (exact) mass is 274 g/mol. The van der Waals surface area contributed by atoms with E-state index in [0.717, 1.165) is 12.2 Å². The van der Waals surface area contributed by atoms with Crippen LogP contribution in [0.4, 0.5) is 0 Å². The third-order valence-corrected chi connectivity index (χ3v) is 4.01. The average Bonchev–Trinajstić information content (AvgIpc) is 2.75. The summed E-state index contributed by atoms with van der Waals surface area (Å²) in [6.07, 6.45) is 3.87. The second kappa shape index (κ2) is 8.06. The van der Waals surface area contributed by atoms with Gasteiger partial charge in [0.2, 0.25) is 0 Å². The maximum absolute atomic E-state index is 5.77. The van der Waals surface area contributed by atoms with Gasteiger partial charge in [0.25, 0.3) is 0 Å². The van der Waals surface area contributed by atoms with E-state index in [0.29, 0.717) is 11.9 Å². The van der Waals surface area contributed by atoms with Crippen LogP contribution >= 0.6 is 22.9 Å². The molecule has 0 aromatic carbocycles. The lowest BCUT2D eigenvalue weighted by molar-refractivity contribution is 0.208. The minimum atomic E-state index is 0.522. The van der Waals surface area contributed by atoms with Crippen molar-refractivity contribution in [3.8, 4) is 0 Å². The average molecular weight is 275 g/mol.